The normalized spacial score (nSPS) is 49.6. The molecule has 66 valence electrons. The zero-order valence-electron chi connectivity index (χ0n) is 8.07. The highest BCUT2D eigenvalue weighted by molar-refractivity contribution is 5.13. The van der Waals surface area contributed by atoms with Crippen molar-refractivity contribution >= 4 is 0 Å². The lowest BCUT2D eigenvalue weighted by molar-refractivity contribution is 0.147. The fourth-order valence-electron chi connectivity index (χ4n) is 1.80. The first-order valence-electron chi connectivity index (χ1n) is 4.28. The molecule has 0 spiro atoms. The van der Waals surface area contributed by atoms with E-state index >= 15 is 0 Å². The molecule has 1 rings (SSSR count). The Labute approximate surface area is 69.3 Å². The Morgan fingerprint density at radius 1 is 0.818 bits per heavy atom. The highest BCUT2D eigenvalue weighted by atomic mass is 14.9. The van der Waals surface area contributed by atoms with Crippen molar-refractivity contribution in [2.75, 3.05) is 0 Å². The predicted molar refractivity (Wildman–Crippen MR) is 48.2 cm³/mol. The Hall–Kier alpha value is -0.0800. The minimum absolute atomic E-state index is 0.0417. The van der Waals surface area contributed by atoms with E-state index in [0.717, 1.165) is 12.8 Å². The van der Waals surface area contributed by atoms with Gasteiger partial charge in [-0.15, -0.1) is 0 Å². The molecule has 4 N–H and O–H groups in total. The Morgan fingerprint density at radius 3 is 1.18 bits per heavy atom. The van der Waals surface area contributed by atoms with Gasteiger partial charge in [0.2, 0.25) is 0 Å². The van der Waals surface area contributed by atoms with E-state index < -0.39 is 0 Å². The molecule has 1 aliphatic rings. The summed E-state index contributed by atoms with van der Waals surface area (Å²) in [6, 6.07) is 0. The molecule has 2 atom stereocenters. The molecule has 0 unspecified atom stereocenters. The quantitative estimate of drug-likeness (QED) is 0.554. The highest BCUT2D eigenvalue weighted by Gasteiger charge is 2.54. The molecular formula is C9H20N2. The van der Waals surface area contributed by atoms with Crippen LogP contribution in [0, 0.1) is 5.41 Å². The zero-order valence-corrected chi connectivity index (χ0v) is 8.07. The topological polar surface area (TPSA) is 52.0 Å². The first kappa shape index (κ1) is 9.01. The van der Waals surface area contributed by atoms with Crippen molar-refractivity contribution in [3.63, 3.8) is 0 Å². The van der Waals surface area contributed by atoms with E-state index in [1.54, 1.807) is 0 Å². The van der Waals surface area contributed by atoms with Gasteiger partial charge in [-0.1, -0.05) is 13.8 Å². The Bertz CT molecular complexity index is 150. The fourth-order valence-corrected chi connectivity index (χ4v) is 1.80. The van der Waals surface area contributed by atoms with Crippen molar-refractivity contribution in [3.8, 4) is 0 Å². The van der Waals surface area contributed by atoms with Gasteiger partial charge in [0, 0.05) is 16.5 Å². The van der Waals surface area contributed by atoms with Gasteiger partial charge in [-0.05, 0) is 26.7 Å². The van der Waals surface area contributed by atoms with Gasteiger partial charge in [0.25, 0.3) is 0 Å². The summed E-state index contributed by atoms with van der Waals surface area (Å²) in [4.78, 5) is 0. The molecule has 0 heterocycles. The lowest BCUT2D eigenvalue weighted by Gasteiger charge is -2.43. The van der Waals surface area contributed by atoms with Crippen LogP contribution >= 0.6 is 0 Å². The maximum atomic E-state index is 6.15. The van der Waals surface area contributed by atoms with E-state index in [0.29, 0.717) is 0 Å². The standard InChI is InChI=1S/C9H20N2/c1-7(2)8(3,10)5-6-9(7,4)11/h5-6,10-11H2,1-4H3/t8-,9+. The lowest BCUT2D eigenvalue weighted by Crippen LogP contribution is -2.57. The molecule has 0 radical (unpaired) electrons. The SMILES string of the molecule is CC1(C)[C@@](C)(N)CC[C@@]1(C)N. The van der Waals surface area contributed by atoms with Crippen LogP contribution in [0.2, 0.25) is 0 Å². The third kappa shape index (κ3) is 1.00. The van der Waals surface area contributed by atoms with Gasteiger partial charge >= 0.3 is 0 Å². The van der Waals surface area contributed by atoms with Crippen LogP contribution in [-0.2, 0) is 0 Å². The first-order chi connectivity index (χ1) is 4.71. The molecule has 11 heavy (non-hydrogen) atoms. The zero-order chi connectivity index (χ0) is 8.91. The average molecular weight is 156 g/mol. The molecule has 0 saturated heterocycles. The molecule has 0 aromatic carbocycles. The van der Waals surface area contributed by atoms with Crippen molar-refractivity contribution in [1.82, 2.24) is 0 Å². The van der Waals surface area contributed by atoms with Gasteiger partial charge < -0.3 is 11.5 Å². The second kappa shape index (κ2) is 1.99. The van der Waals surface area contributed by atoms with Crippen LogP contribution in [-0.4, -0.2) is 11.1 Å². The Kier molecular flexibility index (Phi) is 1.63. The largest absolute Gasteiger partial charge is 0.325 e. The molecular weight excluding hydrogens is 136 g/mol. The van der Waals surface area contributed by atoms with E-state index in [4.69, 9.17) is 11.5 Å². The summed E-state index contributed by atoms with van der Waals surface area (Å²) in [6.45, 7) is 8.54. The second-order valence-corrected chi connectivity index (χ2v) is 4.96. The molecule has 0 aromatic heterocycles. The number of nitrogens with two attached hydrogens (primary N) is 2. The van der Waals surface area contributed by atoms with Crippen LogP contribution in [0.15, 0.2) is 0 Å². The predicted octanol–water partition coefficient (Wildman–Crippen LogP) is 1.24. The molecule has 2 nitrogen and oxygen atoms in total. The van der Waals surface area contributed by atoms with Gasteiger partial charge in [-0.2, -0.15) is 0 Å². The van der Waals surface area contributed by atoms with Crippen LogP contribution < -0.4 is 11.5 Å². The molecule has 0 amide bonds. The van der Waals surface area contributed by atoms with Crippen molar-refractivity contribution in [3.05, 3.63) is 0 Å². The smallest absolute Gasteiger partial charge is 0.0195 e. The summed E-state index contributed by atoms with van der Waals surface area (Å²) < 4.78 is 0. The van der Waals surface area contributed by atoms with Crippen molar-refractivity contribution in [2.24, 2.45) is 16.9 Å². The van der Waals surface area contributed by atoms with Gasteiger partial charge in [0.15, 0.2) is 0 Å². The summed E-state index contributed by atoms with van der Waals surface area (Å²) >= 11 is 0. The minimum Gasteiger partial charge on any atom is -0.325 e. The highest BCUT2D eigenvalue weighted by Crippen LogP contribution is 2.49. The number of rotatable bonds is 0. The lowest BCUT2D eigenvalue weighted by atomic mass is 9.69. The second-order valence-electron chi connectivity index (χ2n) is 4.96. The summed E-state index contributed by atoms with van der Waals surface area (Å²) in [7, 11) is 0. The monoisotopic (exact) mass is 156 g/mol. The fraction of sp³-hybridized carbons (Fsp3) is 1.00. The van der Waals surface area contributed by atoms with E-state index in [1.807, 2.05) is 0 Å². The molecule has 1 fully saturated rings. The van der Waals surface area contributed by atoms with E-state index in [2.05, 4.69) is 27.7 Å². The third-order valence-corrected chi connectivity index (χ3v) is 4.02. The van der Waals surface area contributed by atoms with E-state index in [-0.39, 0.29) is 16.5 Å². The first-order valence-corrected chi connectivity index (χ1v) is 4.28. The van der Waals surface area contributed by atoms with Crippen LogP contribution in [0.4, 0.5) is 0 Å². The van der Waals surface area contributed by atoms with E-state index in [9.17, 15) is 0 Å². The molecule has 1 aliphatic carbocycles. The van der Waals surface area contributed by atoms with Gasteiger partial charge in [-0.25, -0.2) is 0 Å². The number of hydrogen-bond donors (Lipinski definition) is 2. The van der Waals surface area contributed by atoms with Gasteiger partial charge in [0.1, 0.15) is 0 Å². The van der Waals surface area contributed by atoms with Crippen LogP contribution in [0.3, 0.4) is 0 Å². The van der Waals surface area contributed by atoms with E-state index in [1.165, 1.54) is 0 Å². The van der Waals surface area contributed by atoms with Crippen molar-refractivity contribution in [2.45, 2.75) is 51.6 Å². The van der Waals surface area contributed by atoms with Gasteiger partial charge in [0.05, 0.1) is 0 Å². The molecule has 0 aliphatic heterocycles. The summed E-state index contributed by atoms with van der Waals surface area (Å²) in [5, 5.41) is 0. The van der Waals surface area contributed by atoms with Gasteiger partial charge in [-0.3, -0.25) is 0 Å². The summed E-state index contributed by atoms with van der Waals surface area (Å²) in [5.74, 6) is 0. The maximum Gasteiger partial charge on any atom is 0.0195 e. The minimum atomic E-state index is -0.101. The molecule has 2 heteroatoms. The van der Waals surface area contributed by atoms with Crippen molar-refractivity contribution < 1.29 is 0 Å². The average Bonchev–Trinajstić information content (AvgIpc) is 1.93. The summed E-state index contributed by atoms with van der Waals surface area (Å²) in [5.41, 5.74) is 12.1. The molecule has 0 aromatic rings. The van der Waals surface area contributed by atoms with Crippen LogP contribution in [0.1, 0.15) is 40.5 Å². The Morgan fingerprint density at radius 2 is 1.09 bits per heavy atom. The number of hydrogen-bond acceptors (Lipinski definition) is 2. The molecule has 0 bridgehead atoms. The third-order valence-electron chi connectivity index (χ3n) is 4.02. The van der Waals surface area contributed by atoms with Crippen LogP contribution in [0.5, 0.6) is 0 Å². The summed E-state index contributed by atoms with van der Waals surface area (Å²) in [6.07, 6.45) is 2.07. The van der Waals surface area contributed by atoms with Crippen molar-refractivity contribution in [1.29, 1.82) is 0 Å². The Balaban J connectivity index is 3.00. The van der Waals surface area contributed by atoms with Crippen LogP contribution in [0.25, 0.3) is 0 Å². The molecule has 1 saturated carbocycles. The maximum absolute atomic E-state index is 6.15.